The normalized spacial score (nSPS) is 14.9. The third kappa shape index (κ3) is 3.05. The van der Waals surface area contributed by atoms with Crippen molar-refractivity contribution in [2.75, 3.05) is 37.8 Å². The SMILES string of the molecule is CCOC(=O)c1ccc(N2CCOCC2)c([N+](=O)[O-])c1. The van der Waals surface area contributed by atoms with Crippen molar-refractivity contribution in [1.82, 2.24) is 0 Å². The predicted molar refractivity (Wildman–Crippen MR) is 72.1 cm³/mol. The van der Waals surface area contributed by atoms with Crippen LogP contribution >= 0.6 is 0 Å². The zero-order valence-electron chi connectivity index (χ0n) is 11.2. The van der Waals surface area contributed by atoms with Crippen molar-refractivity contribution in [3.63, 3.8) is 0 Å². The summed E-state index contributed by atoms with van der Waals surface area (Å²) in [5.41, 5.74) is 0.611. The predicted octanol–water partition coefficient (Wildman–Crippen LogP) is 1.61. The number of esters is 1. The van der Waals surface area contributed by atoms with E-state index in [9.17, 15) is 14.9 Å². The molecule has 0 spiro atoms. The standard InChI is InChI=1S/C13H16N2O5/c1-2-20-13(16)10-3-4-11(12(9-10)15(17)18)14-5-7-19-8-6-14/h3-4,9H,2,5-8H2,1H3. The molecule has 1 aliphatic rings. The molecule has 0 aliphatic carbocycles. The van der Waals surface area contributed by atoms with E-state index in [0.717, 1.165) is 0 Å². The van der Waals surface area contributed by atoms with E-state index in [2.05, 4.69) is 0 Å². The minimum absolute atomic E-state index is 0.0857. The smallest absolute Gasteiger partial charge is 0.338 e. The van der Waals surface area contributed by atoms with E-state index in [1.807, 2.05) is 4.90 Å². The molecule has 0 bridgehead atoms. The number of carbonyl (C=O) groups is 1. The molecular formula is C13H16N2O5. The average molecular weight is 280 g/mol. The Labute approximate surface area is 116 Å². The van der Waals surface area contributed by atoms with Gasteiger partial charge in [0.2, 0.25) is 0 Å². The molecule has 1 heterocycles. The molecule has 0 saturated carbocycles. The molecule has 0 N–H and O–H groups in total. The Hall–Kier alpha value is -2.15. The highest BCUT2D eigenvalue weighted by Crippen LogP contribution is 2.30. The zero-order valence-corrected chi connectivity index (χ0v) is 11.2. The van der Waals surface area contributed by atoms with Gasteiger partial charge in [0, 0.05) is 19.2 Å². The van der Waals surface area contributed by atoms with E-state index in [0.29, 0.717) is 32.0 Å². The second-order valence-corrected chi connectivity index (χ2v) is 4.28. The number of anilines is 1. The monoisotopic (exact) mass is 280 g/mol. The molecule has 1 fully saturated rings. The molecule has 1 saturated heterocycles. The largest absolute Gasteiger partial charge is 0.462 e. The van der Waals surface area contributed by atoms with Crippen molar-refractivity contribution >= 4 is 17.3 Å². The lowest BCUT2D eigenvalue weighted by Crippen LogP contribution is -2.36. The summed E-state index contributed by atoms with van der Waals surface area (Å²) in [6.07, 6.45) is 0. The molecule has 1 aliphatic heterocycles. The Kier molecular flexibility index (Phi) is 4.52. The zero-order chi connectivity index (χ0) is 14.5. The molecule has 0 atom stereocenters. The third-order valence-electron chi connectivity index (χ3n) is 3.04. The van der Waals surface area contributed by atoms with Gasteiger partial charge in [0.1, 0.15) is 5.69 Å². The van der Waals surface area contributed by atoms with Crippen LogP contribution in [-0.2, 0) is 9.47 Å². The van der Waals surface area contributed by atoms with Crippen LogP contribution in [0, 0.1) is 10.1 Å². The van der Waals surface area contributed by atoms with E-state index >= 15 is 0 Å². The van der Waals surface area contributed by atoms with Crippen LogP contribution < -0.4 is 4.90 Å². The molecule has 108 valence electrons. The summed E-state index contributed by atoms with van der Waals surface area (Å²) in [5, 5.41) is 11.2. The van der Waals surface area contributed by atoms with E-state index in [1.165, 1.54) is 6.07 Å². The van der Waals surface area contributed by atoms with Crippen LogP contribution in [0.1, 0.15) is 17.3 Å². The highest BCUT2D eigenvalue weighted by Gasteiger charge is 2.23. The first-order chi connectivity index (χ1) is 9.63. The topological polar surface area (TPSA) is 81.9 Å². The summed E-state index contributed by atoms with van der Waals surface area (Å²) >= 11 is 0. The van der Waals surface area contributed by atoms with Gasteiger partial charge >= 0.3 is 5.97 Å². The van der Waals surface area contributed by atoms with Gasteiger partial charge in [-0.2, -0.15) is 0 Å². The van der Waals surface area contributed by atoms with Gasteiger partial charge < -0.3 is 14.4 Å². The minimum atomic E-state index is -0.552. The number of hydrogen-bond donors (Lipinski definition) is 0. The number of carbonyl (C=O) groups excluding carboxylic acids is 1. The van der Waals surface area contributed by atoms with Crippen molar-refractivity contribution in [3.8, 4) is 0 Å². The van der Waals surface area contributed by atoms with Crippen LogP contribution in [0.15, 0.2) is 18.2 Å². The van der Waals surface area contributed by atoms with Crippen LogP contribution in [-0.4, -0.2) is 43.8 Å². The van der Waals surface area contributed by atoms with Crippen molar-refractivity contribution in [1.29, 1.82) is 0 Å². The summed E-state index contributed by atoms with van der Waals surface area (Å²) in [6.45, 7) is 4.19. The summed E-state index contributed by atoms with van der Waals surface area (Å²) in [7, 11) is 0. The fraction of sp³-hybridized carbons (Fsp3) is 0.462. The fourth-order valence-electron chi connectivity index (χ4n) is 2.08. The van der Waals surface area contributed by atoms with E-state index in [-0.39, 0.29) is 17.9 Å². The summed E-state index contributed by atoms with van der Waals surface area (Å²) < 4.78 is 10.1. The molecule has 1 aromatic carbocycles. The van der Waals surface area contributed by atoms with Gasteiger partial charge in [-0.15, -0.1) is 0 Å². The molecule has 1 aromatic rings. The fourth-order valence-corrected chi connectivity index (χ4v) is 2.08. The minimum Gasteiger partial charge on any atom is -0.462 e. The molecule has 20 heavy (non-hydrogen) atoms. The van der Waals surface area contributed by atoms with Crippen molar-refractivity contribution in [2.24, 2.45) is 0 Å². The maximum Gasteiger partial charge on any atom is 0.338 e. The van der Waals surface area contributed by atoms with Crippen LogP contribution in [0.3, 0.4) is 0 Å². The molecule has 0 unspecified atom stereocenters. The molecule has 0 aromatic heterocycles. The number of benzene rings is 1. The van der Waals surface area contributed by atoms with Crippen LogP contribution in [0.25, 0.3) is 0 Å². The highest BCUT2D eigenvalue weighted by molar-refractivity contribution is 5.91. The van der Waals surface area contributed by atoms with Gasteiger partial charge in [0.05, 0.1) is 30.3 Å². The lowest BCUT2D eigenvalue weighted by molar-refractivity contribution is -0.384. The van der Waals surface area contributed by atoms with Crippen molar-refractivity contribution in [3.05, 3.63) is 33.9 Å². The molecule has 7 nitrogen and oxygen atoms in total. The first-order valence-corrected chi connectivity index (χ1v) is 6.41. The first-order valence-electron chi connectivity index (χ1n) is 6.41. The summed E-state index contributed by atoms with van der Waals surface area (Å²) in [4.78, 5) is 24.2. The van der Waals surface area contributed by atoms with Gasteiger partial charge in [-0.3, -0.25) is 10.1 Å². The van der Waals surface area contributed by atoms with E-state index < -0.39 is 10.9 Å². The highest BCUT2D eigenvalue weighted by atomic mass is 16.6. The number of morpholine rings is 1. The number of nitro benzene ring substituents is 1. The summed E-state index contributed by atoms with van der Waals surface area (Å²) in [5.74, 6) is -0.552. The Morgan fingerprint density at radius 2 is 2.15 bits per heavy atom. The number of nitro groups is 1. The van der Waals surface area contributed by atoms with Gasteiger partial charge in [0.25, 0.3) is 5.69 Å². The number of rotatable bonds is 4. The molecular weight excluding hydrogens is 264 g/mol. The Morgan fingerprint density at radius 1 is 1.45 bits per heavy atom. The molecule has 0 amide bonds. The van der Waals surface area contributed by atoms with E-state index in [1.54, 1.807) is 19.1 Å². The maximum absolute atomic E-state index is 11.6. The number of hydrogen-bond acceptors (Lipinski definition) is 6. The van der Waals surface area contributed by atoms with E-state index in [4.69, 9.17) is 9.47 Å². The second kappa shape index (κ2) is 6.33. The number of ether oxygens (including phenoxy) is 2. The lowest BCUT2D eigenvalue weighted by Gasteiger charge is -2.28. The maximum atomic E-state index is 11.6. The van der Waals surface area contributed by atoms with Crippen LogP contribution in [0.4, 0.5) is 11.4 Å². The lowest BCUT2D eigenvalue weighted by atomic mass is 10.1. The molecule has 2 rings (SSSR count). The second-order valence-electron chi connectivity index (χ2n) is 4.28. The Balaban J connectivity index is 2.32. The van der Waals surface area contributed by atoms with Gasteiger partial charge in [-0.1, -0.05) is 0 Å². The number of nitrogens with zero attached hydrogens (tertiary/aromatic N) is 2. The summed E-state index contributed by atoms with van der Waals surface area (Å²) in [6, 6.07) is 4.41. The van der Waals surface area contributed by atoms with Crippen LogP contribution in [0.5, 0.6) is 0 Å². The Bertz CT molecular complexity index is 511. The van der Waals surface area contributed by atoms with Crippen molar-refractivity contribution in [2.45, 2.75) is 6.92 Å². The van der Waals surface area contributed by atoms with Gasteiger partial charge in [0.15, 0.2) is 0 Å². The Morgan fingerprint density at radius 3 is 2.75 bits per heavy atom. The van der Waals surface area contributed by atoms with Crippen molar-refractivity contribution < 1.29 is 19.2 Å². The molecule has 0 radical (unpaired) electrons. The molecule has 7 heteroatoms. The third-order valence-corrected chi connectivity index (χ3v) is 3.04. The van der Waals surface area contributed by atoms with Gasteiger partial charge in [-0.05, 0) is 19.1 Å². The van der Waals surface area contributed by atoms with Gasteiger partial charge in [-0.25, -0.2) is 4.79 Å². The average Bonchev–Trinajstić information content (AvgIpc) is 2.47. The van der Waals surface area contributed by atoms with Crippen LogP contribution in [0.2, 0.25) is 0 Å². The quantitative estimate of drug-likeness (QED) is 0.473. The first kappa shape index (κ1) is 14.3.